The van der Waals surface area contributed by atoms with Crippen LogP contribution in [0, 0.1) is 10.1 Å². The summed E-state index contributed by atoms with van der Waals surface area (Å²) in [5, 5.41) is 24.0. The van der Waals surface area contributed by atoms with Crippen molar-refractivity contribution in [2.24, 2.45) is 0 Å². The zero-order valence-electron chi connectivity index (χ0n) is 11.0. The number of aromatic nitrogens is 3. The summed E-state index contributed by atoms with van der Waals surface area (Å²) < 4.78 is 6.02. The van der Waals surface area contributed by atoms with Crippen LogP contribution in [0.3, 0.4) is 0 Å². The Kier molecular flexibility index (Phi) is 5.72. The van der Waals surface area contributed by atoms with E-state index in [-0.39, 0.29) is 35.9 Å². The van der Waals surface area contributed by atoms with E-state index in [1.807, 2.05) is 0 Å². The molecule has 1 N–H and O–H groups in total. The molecule has 1 aromatic carbocycles. The van der Waals surface area contributed by atoms with E-state index in [1.54, 1.807) is 13.0 Å². The van der Waals surface area contributed by atoms with Crippen molar-refractivity contribution in [1.82, 2.24) is 9.94 Å². The molecule has 0 atom stereocenters. The Bertz CT molecular complexity index is 644. The van der Waals surface area contributed by atoms with Gasteiger partial charge in [0.05, 0.1) is 18.1 Å². The molecule has 0 aliphatic carbocycles. The average Bonchev–Trinajstić information content (AvgIpc) is 2.43. The molecule has 0 amide bonds. The molecule has 2 aromatic rings. The Morgan fingerprint density at radius 1 is 1.50 bits per heavy atom. The summed E-state index contributed by atoms with van der Waals surface area (Å²) in [6.45, 7) is 2.15. The van der Waals surface area contributed by atoms with E-state index in [9.17, 15) is 10.1 Å². The second kappa shape index (κ2) is 7.06. The summed E-state index contributed by atoms with van der Waals surface area (Å²) in [6, 6.07) is 4.60. The molecule has 0 bridgehead atoms. The molecule has 0 unspecified atom stereocenters. The van der Waals surface area contributed by atoms with Crippen molar-refractivity contribution in [3.05, 3.63) is 34.1 Å². The number of aliphatic hydroxyl groups excluding tert-OH is 1. The van der Waals surface area contributed by atoms with Gasteiger partial charge in [0.1, 0.15) is 11.3 Å². The zero-order chi connectivity index (χ0) is 13.8. The molecule has 0 radical (unpaired) electrons. The van der Waals surface area contributed by atoms with Gasteiger partial charge in [0.2, 0.25) is 5.52 Å². The number of ether oxygens (including phenoxy) is 1. The Labute approximate surface area is 121 Å². The lowest BCUT2D eigenvalue weighted by Gasteiger charge is -2.08. The minimum absolute atomic E-state index is 0. The fourth-order valence-electron chi connectivity index (χ4n) is 1.72. The summed E-state index contributed by atoms with van der Waals surface area (Å²) in [7, 11) is 0. The number of halogens is 1. The number of fused-ring (bicyclic) bond motifs is 1. The SMILES string of the molecule is CCc1nn([O-])c2ccc(OCCCO)cc2[n+]1=O.Cl. The summed E-state index contributed by atoms with van der Waals surface area (Å²) >= 11 is 0. The Hall–Kier alpha value is -1.86. The van der Waals surface area contributed by atoms with Crippen molar-refractivity contribution in [3.63, 3.8) is 0 Å². The fraction of sp³-hybridized carbons (Fsp3) is 0.417. The molecule has 0 aliphatic rings. The molecule has 0 fully saturated rings. The third kappa shape index (κ3) is 3.17. The first-order valence-corrected chi connectivity index (χ1v) is 6.07. The summed E-state index contributed by atoms with van der Waals surface area (Å²) in [5.74, 6) is 0.647. The summed E-state index contributed by atoms with van der Waals surface area (Å²) in [4.78, 5) is 12.4. The molecule has 1 aromatic heterocycles. The van der Waals surface area contributed by atoms with E-state index in [4.69, 9.17) is 9.84 Å². The van der Waals surface area contributed by atoms with E-state index in [0.29, 0.717) is 34.5 Å². The molecule has 7 nitrogen and oxygen atoms in total. The van der Waals surface area contributed by atoms with Gasteiger partial charge in [0, 0.05) is 23.5 Å². The number of nitrogens with zero attached hydrogens (tertiary/aromatic N) is 3. The molecule has 0 saturated carbocycles. The van der Waals surface area contributed by atoms with Crippen LogP contribution in [-0.4, -0.2) is 28.3 Å². The van der Waals surface area contributed by atoms with Crippen LogP contribution >= 0.6 is 12.4 Å². The van der Waals surface area contributed by atoms with Gasteiger partial charge in [-0.3, -0.25) is 0 Å². The Balaban J connectivity index is 0.00000200. The highest BCUT2D eigenvalue weighted by atomic mass is 35.5. The van der Waals surface area contributed by atoms with Gasteiger partial charge in [-0.1, -0.05) is 11.8 Å². The van der Waals surface area contributed by atoms with Crippen LogP contribution < -0.4 is 9.16 Å². The van der Waals surface area contributed by atoms with Crippen molar-refractivity contribution in [2.45, 2.75) is 19.8 Å². The number of aliphatic hydroxyl groups is 1. The van der Waals surface area contributed by atoms with Crippen LogP contribution in [0.1, 0.15) is 19.2 Å². The lowest BCUT2D eigenvalue weighted by atomic mass is 10.3. The van der Waals surface area contributed by atoms with Crippen LogP contribution in [0.4, 0.5) is 0 Å². The average molecular weight is 302 g/mol. The molecule has 1 heterocycles. The third-order valence-corrected chi connectivity index (χ3v) is 2.70. The predicted molar refractivity (Wildman–Crippen MR) is 75.7 cm³/mol. The quantitative estimate of drug-likeness (QED) is 0.658. The number of hydrogen-bond acceptors (Lipinski definition) is 5. The van der Waals surface area contributed by atoms with E-state index >= 15 is 0 Å². The Morgan fingerprint density at radius 2 is 2.25 bits per heavy atom. The van der Waals surface area contributed by atoms with Gasteiger partial charge in [-0.05, 0) is 12.1 Å². The maximum absolute atomic E-state index is 12.0. The zero-order valence-corrected chi connectivity index (χ0v) is 11.8. The van der Waals surface area contributed by atoms with Crippen LogP contribution in [0.25, 0.3) is 11.0 Å². The molecule has 20 heavy (non-hydrogen) atoms. The monoisotopic (exact) mass is 301 g/mol. The second-order valence-electron chi connectivity index (χ2n) is 4.01. The van der Waals surface area contributed by atoms with E-state index in [2.05, 4.69) is 5.10 Å². The first kappa shape index (κ1) is 16.2. The largest absolute Gasteiger partial charge is 0.772 e. The highest BCUT2D eigenvalue weighted by Gasteiger charge is 2.15. The molecule has 2 rings (SSSR count). The van der Waals surface area contributed by atoms with Crippen molar-refractivity contribution < 1.29 is 14.3 Å². The second-order valence-corrected chi connectivity index (χ2v) is 4.01. The first-order chi connectivity index (χ1) is 9.17. The standard InChI is InChI=1S/C12H15N3O4.ClH/c1-2-12-13-15(18)10-5-4-9(19-7-3-6-16)8-11(10)14(12)17;/h4-5,8,16H,2-3,6-7H2,1H3;1H. The normalized spacial score (nSPS) is 10.3. The molecule has 0 spiro atoms. The molecule has 0 saturated heterocycles. The van der Waals surface area contributed by atoms with Crippen molar-refractivity contribution in [2.75, 3.05) is 13.2 Å². The molecular formula is C12H16ClN3O4. The predicted octanol–water partition coefficient (Wildman–Crippen LogP) is 1.04. The van der Waals surface area contributed by atoms with Crippen LogP contribution in [0.15, 0.2) is 18.2 Å². The van der Waals surface area contributed by atoms with Gasteiger partial charge in [-0.25, -0.2) is 0 Å². The smallest absolute Gasteiger partial charge is 0.367 e. The number of aryl methyl sites for hydroxylation is 1. The molecule has 110 valence electrons. The molecule has 8 heteroatoms. The van der Waals surface area contributed by atoms with Gasteiger partial charge < -0.3 is 15.1 Å². The minimum atomic E-state index is 0. The van der Waals surface area contributed by atoms with Crippen LogP contribution in [-0.2, 0) is 6.42 Å². The van der Waals surface area contributed by atoms with Crippen LogP contribution in [0.2, 0.25) is 0 Å². The van der Waals surface area contributed by atoms with Crippen molar-refractivity contribution >= 4 is 23.4 Å². The maximum atomic E-state index is 12.0. The van der Waals surface area contributed by atoms with Gasteiger partial charge in [-0.2, -0.15) is 4.85 Å². The topological polar surface area (TPSA) is 93.3 Å². The van der Waals surface area contributed by atoms with E-state index < -0.39 is 0 Å². The lowest BCUT2D eigenvalue weighted by Crippen LogP contribution is -2.26. The first-order valence-electron chi connectivity index (χ1n) is 6.07. The minimum Gasteiger partial charge on any atom is -0.772 e. The summed E-state index contributed by atoms with van der Waals surface area (Å²) in [5.41, 5.74) is 0.421. The van der Waals surface area contributed by atoms with Gasteiger partial charge in [0.15, 0.2) is 0 Å². The van der Waals surface area contributed by atoms with Gasteiger partial charge >= 0.3 is 5.82 Å². The lowest BCUT2D eigenvalue weighted by molar-refractivity contribution is -0.480. The van der Waals surface area contributed by atoms with Gasteiger partial charge in [-0.15, -0.1) is 12.4 Å². The highest BCUT2D eigenvalue weighted by Crippen LogP contribution is 2.17. The van der Waals surface area contributed by atoms with Gasteiger partial charge in [0.25, 0.3) is 0 Å². The van der Waals surface area contributed by atoms with E-state index in [0.717, 1.165) is 0 Å². The third-order valence-electron chi connectivity index (χ3n) is 2.70. The van der Waals surface area contributed by atoms with Crippen molar-refractivity contribution in [1.29, 1.82) is 0 Å². The van der Waals surface area contributed by atoms with Crippen molar-refractivity contribution in [3.8, 4) is 5.75 Å². The van der Waals surface area contributed by atoms with Crippen LogP contribution in [0.5, 0.6) is 5.75 Å². The molecule has 0 aliphatic heterocycles. The number of benzene rings is 1. The highest BCUT2D eigenvalue weighted by molar-refractivity contribution is 5.85. The summed E-state index contributed by atoms with van der Waals surface area (Å²) in [6.07, 6.45) is 0.880. The fourth-order valence-corrected chi connectivity index (χ4v) is 1.72. The maximum Gasteiger partial charge on any atom is 0.367 e. The number of hydrogen-bond donors (Lipinski definition) is 1. The number of rotatable bonds is 5. The Morgan fingerprint density at radius 3 is 2.90 bits per heavy atom. The van der Waals surface area contributed by atoms with E-state index in [1.165, 1.54) is 12.1 Å². The molecular weight excluding hydrogens is 286 g/mol.